The van der Waals surface area contributed by atoms with Gasteiger partial charge in [0.25, 0.3) is 0 Å². The third-order valence-electron chi connectivity index (χ3n) is 1.96. The van der Waals surface area contributed by atoms with Crippen LogP contribution in [0.3, 0.4) is 0 Å². The first-order chi connectivity index (χ1) is 7.08. The molecule has 0 aromatic carbocycles. The first kappa shape index (κ1) is 12.0. The topological polar surface area (TPSA) is 70.2 Å². The van der Waals surface area contributed by atoms with E-state index in [1.165, 1.54) is 0 Å². The molecule has 0 bridgehead atoms. The molecule has 1 fully saturated rings. The Morgan fingerprint density at radius 2 is 1.80 bits per heavy atom. The minimum atomic E-state index is -0.0794. The van der Waals surface area contributed by atoms with Gasteiger partial charge >= 0.3 is 0 Å². The maximum absolute atomic E-state index is 11.2. The second kappa shape index (κ2) is 5.70. The van der Waals surface area contributed by atoms with Gasteiger partial charge in [-0.3, -0.25) is 14.9 Å². The van der Waals surface area contributed by atoms with Crippen molar-refractivity contribution >= 4 is 11.8 Å². The van der Waals surface area contributed by atoms with Crippen molar-refractivity contribution in [3.8, 4) is 0 Å². The van der Waals surface area contributed by atoms with Crippen molar-refractivity contribution in [2.75, 3.05) is 13.1 Å². The Morgan fingerprint density at radius 3 is 2.33 bits per heavy atom. The zero-order valence-corrected chi connectivity index (χ0v) is 9.30. The van der Waals surface area contributed by atoms with E-state index >= 15 is 0 Å². The number of amides is 2. The van der Waals surface area contributed by atoms with Gasteiger partial charge in [0, 0.05) is 12.1 Å². The summed E-state index contributed by atoms with van der Waals surface area (Å²) in [6.07, 6.45) is 2.17. The molecule has 0 unspecified atom stereocenters. The lowest BCUT2D eigenvalue weighted by molar-refractivity contribution is -0.121. The molecule has 1 aliphatic rings. The highest BCUT2D eigenvalue weighted by atomic mass is 16.2. The first-order valence-electron chi connectivity index (χ1n) is 5.37. The van der Waals surface area contributed by atoms with Gasteiger partial charge in [-0.05, 0) is 26.7 Å². The molecule has 86 valence electrons. The van der Waals surface area contributed by atoms with Crippen LogP contribution in [0.25, 0.3) is 0 Å². The quantitative estimate of drug-likeness (QED) is 0.550. The van der Waals surface area contributed by atoms with Gasteiger partial charge in [-0.2, -0.15) is 0 Å². The molecule has 0 heterocycles. The van der Waals surface area contributed by atoms with Crippen LogP contribution in [0, 0.1) is 0 Å². The van der Waals surface area contributed by atoms with Crippen LogP contribution in [0.5, 0.6) is 0 Å². The number of carbonyl (C=O) groups excluding carboxylic acids is 2. The predicted molar refractivity (Wildman–Crippen MR) is 57.3 cm³/mol. The van der Waals surface area contributed by atoms with Crippen LogP contribution in [0.15, 0.2) is 0 Å². The molecule has 1 rings (SSSR count). The monoisotopic (exact) mass is 213 g/mol. The Bertz CT molecular complexity index is 221. The van der Waals surface area contributed by atoms with Crippen LogP contribution in [0.4, 0.5) is 0 Å². The van der Waals surface area contributed by atoms with Gasteiger partial charge in [-0.25, -0.2) is 0 Å². The molecular weight excluding hydrogens is 194 g/mol. The predicted octanol–water partition coefficient (Wildman–Crippen LogP) is -0.621. The Labute approximate surface area is 90.0 Å². The highest BCUT2D eigenvalue weighted by molar-refractivity contribution is 5.81. The van der Waals surface area contributed by atoms with Gasteiger partial charge in [0.2, 0.25) is 11.8 Å². The molecule has 2 amide bonds. The van der Waals surface area contributed by atoms with Crippen LogP contribution in [0.2, 0.25) is 0 Å². The fourth-order valence-corrected chi connectivity index (χ4v) is 1.17. The molecule has 1 saturated carbocycles. The van der Waals surface area contributed by atoms with Crippen LogP contribution in [-0.4, -0.2) is 37.0 Å². The van der Waals surface area contributed by atoms with E-state index in [9.17, 15) is 9.59 Å². The Kier molecular flexibility index (Phi) is 4.55. The van der Waals surface area contributed by atoms with Crippen molar-refractivity contribution in [1.82, 2.24) is 16.0 Å². The van der Waals surface area contributed by atoms with E-state index in [4.69, 9.17) is 0 Å². The van der Waals surface area contributed by atoms with Gasteiger partial charge in [0.1, 0.15) is 0 Å². The molecule has 15 heavy (non-hydrogen) atoms. The summed E-state index contributed by atoms with van der Waals surface area (Å²) in [4.78, 5) is 22.4. The van der Waals surface area contributed by atoms with E-state index in [0.29, 0.717) is 6.04 Å². The second-order valence-corrected chi connectivity index (χ2v) is 4.17. The minimum Gasteiger partial charge on any atom is -0.353 e. The maximum Gasteiger partial charge on any atom is 0.234 e. The third kappa shape index (κ3) is 6.06. The van der Waals surface area contributed by atoms with E-state index in [0.717, 1.165) is 12.8 Å². The van der Waals surface area contributed by atoms with Gasteiger partial charge in [0.05, 0.1) is 13.1 Å². The Hall–Kier alpha value is -1.10. The van der Waals surface area contributed by atoms with E-state index in [1.807, 2.05) is 13.8 Å². The number of nitrogens with one attached hydrogen (secondary N) is 3. The number of hydrogen-bond donors (Lipinski definition) is 3. The van der Waals surface area contributed by atoms with Crippen LogP contribution >= 0.6 is 0 Å². The van der Waals surface area contributed by atoms with Gasteiger partial charge in [-0.15, -0.1) is 0 Å². The summed E-state index contributed by atoms with van der Waals surface area (Å²) in [6.45, 7) is 4.20. The van der Waals surface area contributed by atoms with Crippen molar-refractivity contribution < 1.29 is 9.59 Å². The third-order valence-corrected chi connectivity index (χ3v) is 1.96. The summed E-state index contributed by atoms with van der Waals surface area (Å²) >= 11 is 0. The molecule has 0 aromatic rings. The first-order valence-corrected chi connectivity index (χ1v) is 5.37. The maximum atomic E-state index is 11.2. The molecule has 0 spiro atoms. The van der Waals surface area contributed by atoms with E-state index in [1.54, 1.807) is 0 Å². The van der Waals surface area contributed by atoms with E-state index in [2.05, 4.69) is 16.0 Å². The van der Waals surface area contributed by atoms with Crippen molar-refractivity contribution in [2.24, 2.45) is 0 Å². The molecular formula is C10H19N3O2. The summed E-state index contributed by atoms with van der Waals surface area (Å²) in [5.74, 6) is -0.112. The Balaban J connectivity index is 1.99. The summed E-state index contributed by atoms with van der Waals surface area (Å²) in [6, 6.07) is 0.517. The second-order valence-electron chi connectivity index (χ2n) is 4.17. The van der Waals surface area contributed by atoms with Crippen LogP contribution in [0.1, 0.15) is 26.7 Å². The summed E-state index contributed by atoms with van der Waals surface area (Å²) in [7, 11) is 0. The standard InChI is InChI=1S/C10H19N3O2/c1-7(2)12-9(14)5-11-6-10(15)13-8-3-4-8/h7-8,11H,3-6H2,1-2H3,(H,12,14)(H,13,15). The lowest BCUT2D eigenvalue weighted by atomic mass is 10.4. The van der Waals surface area contributed by atoms with Gasteiger partial charge < -0.3 is 10.6 Å². The zero-order chi connectivity index (χ0) is 11.3. The molecule has 1 aliphatic carbocycles. The van der Waals surface area contributed by atoms with Crippen LogP contribution < -0.4 is 16.0 Å². The SMILES string of the molecule is CC(C)NC(=O)CNCC(=O)NC1CC1. The molecule has 0 aromatic heterocycles. The fourth-order valence-electron chi connectivity index (χ4n) is 1.17. The molecule has 3 N–H and O–H groups in total. The highest BCUT2D eigenvalue weighted by Crippen LogP contribution is 2.17. The zero-order valence-electron chi connectivity index (χ0n) is 9.30. The molecule has 5 nitrogen and oxygen atoms in total. The van der Waals surface area contributed by atoms with Gasteiger partial charge in [0.15, 0.2) is 0 Å². The number of carbonyl (C=O) groups is 2. The molecule has 0 aliphatic heterocycles. The largest absolute Gasteiger partial charge is 0.353 e. The molecule has 0 saturated heterocycles. The smallest absolute Gasteiger partial charge is 0.234 e. The van der Waals surface area contributed by atoms with Crippen molar-refractivity contribution in [3.05, 3.63) is 0 Å². The normalized spacial score (nSPS) is 15.1. The number of rotatable bonds is 6. The average molecular weight is 213 g/mol. The minimum absolute atomic E-state index is 0.0325. The van der Waals surface area contributed by atoms with Crippen molar-refractivity contribution in [3.63, 3.8) is 0 Å². The Morgan fingerprint density at radius 1 is 1.20 bits per heavy atom. The van der Waals surface area contributed by atoms with Crippen molar-refractivity contribution in [2.45, 2.75) is 38.8 Å². The lowest BCUT2D eigenvalue weighted by Crippen LogP contribution is -2.41. The molecule has 0 atom stereocenters. The number of hydrogen-bond acceptors (Lipinski definition) is 3. The molecule has 5 heteroatoms. The van der Waals surface area contributed by atoms with E-state index < -0.39 is 0 Å². The lowest BCUT2D eigenvalue weighted by Gasteiger charge is -2.09. The average Bonchev–Trinajstić information content (AvgIpc) is 2.86. The van der Waals surface area contributed by atoms with Crippen LogP contribution in [-0.2, 0) is 9.59 Å². The highest BCUT2D eigenvalue weighted by Gasteiger charge is 2.22. The summed E-state index contributed by atoms with van der Waals surface area (Å²) in [5.41, 5.74) is 0. The summed E-state index contributed by atoms with van der Waals surface area (Å²) < 4.78 is 0. The van der Waals surface area contributed by atoms with Gasteiger partial charge in [-0.1, -0.05) is 0 Å². The van der Waals surface area contributed by atoms with Crippen molar-refractivity contribution in [1.29, 1.82) is 0 Å². The molecule has 0 radical (unpaired) electrons. The fraction of sp³-hybridized carbons (Fsp3) is 0.800. The van der Waals surface area contributed by atoms with E-state index in [-0.39, 0.29) is 30.9 Å². The summed E-state index contributed by atoms with van der Waals surface area (Å²) in [5, 5.41) is 8.37.